The first-order valence-electron chi connectivity index (χ1n) is 8.39. The van der Waals surface area contributed by atoms with Crippen molar-refractivity contribution in [3.8, 4) is 0 Å². The quantitative estimate of drug-likeness (QED) is 0.448. The SMILES string of the molecule is CC1CC2=C3C1(S)CC(C)(S)C(C)C31CC(C2)CC1C. The largest absolute Gasteiger partial charge is 0.172 e. The van der Waals surface area contributed by atoms with Crippen molar-refractivity contribution in [2.75, 3.05) is 0 Å². The van der Waals surface area contributed by atoms with Crippen LogP contribution >= 0.6 is 25.3 Å². The van der Waals surface area contributed by atoms with E-state index in [1.54, 1.807) is 5.57 Å². The molecule has 7 atom stereocenters. The molecule has 0 aromatic carbocycles. The zero-order valence-electron chi connectivity index (χ0n) is 13.2. The molecule has 0 aliphatic heterocycles. The van der Waals surface area contributed by atoms with Gasteiger partial charge in [-0.05, 0) is 66.8 Å². The summed E-state index contributed by atoms with van der Waals surface area (Å²) < 4.78 is 0.247. The highest BCUT2D eigenvalue weighted by molar-refractivity contribution is 7.83. The van der Waals surface area contributed by atoms with Crippen molar-refractivity contribution in [3.63, 3.8) is 0 Å². The van der Waals surface area contributed by atoms with E-state index < -0.39 is 0 Å². The minimum absolute atomic E-state index is 0.120. The molecule has 4 rings (SSSR count). The van der Waals surface area contributed by atoms with Crippen LogP contribution in [0.15, 0.2) is 11.1 Å². The second-order valence-corrected chi connectivity index (χ2v) is 10.5. The maximum atomic E-state index is 5.32. The van der Waals surface area contributed by atoms with E-state index in [0.717, 1.165) is 18.3 Å². The minimum Gasteiger partial charge on any atom is -0.172 e. The van der Waals surface area contributed by atoms with Crippen LogP contribution < -0.4 is 0 Å². The van der Waals surface area contributed by atoms with Crippen molar-refractivity contribution in [2.45, 2.75) is 69.3 Å². The van der Waals surface area contributed by atoms with Gasteiger partial charge in [0.2, 0.25) is 0 Å². The first kappa shape index (κ1) is 14.1. The van der Waals surface area contributed by atoms with Crippen molar-refractivity contribution in [1.29, 1.82) is 0 Å². The van der Waals surface area contributed by atoms with E-state index in [1.165, 1.54) is 25.7 Å². The van der Waals surface area contributed by atoms with Crippen molar-refractivity contribution < 1.29 is 0 Å². The predicted octanol–water partition coefficient (Wildman–Crippen LogP) is 5.16. The van der Waals surface area contributed by atoms with E-state index >= 15 is 0 Å². The Labute approximate surface area is 135 Å². The van der Waals surface area contributed by atoms with Gasteiger partial charge < -0.3 is 0 Å². The summed E-state index contributed by atoms with van der Waals surface area (Å²) >= 11 is 10.5. The molecule has 0 radical (unpaired) electrons. The van der Waals surface area contributed by atoms with Crippen molar-refractivity contribution in [1.82, 2.24) is 0 Å². The molecule has 0 saturated heterocycles. The number of rotatable bonds is 0. The molecule has 2 heteroatoms. The fourth-order valence-corrected chi connectivity index (χ4v) is 8.16. The zero-order valence-corrected chi connectivity index (χ0v) is 15.0. The normalized spacial score (nSPS) is 60.9. The molecule has 2 bridgehead atoms. The third-order valence-corrected chi connectivity index (χ3v) is 9.05. The maximum Gasteiger partial charge on any atom is 0.0387 e. The number of fused-ring (bicyclic) bond motifs is 1. The Balaban J connectivity index is 1.98. The summed E-state index contributed by atoms with van der Waals surface area (Å²) in [5.41, 5.74) is 4.03. The van der Waals surface area contributed by atoms with Gasteiger partial charge in [0.1, 0.15) is 0 Å². The van der Waals surface area contributed by atoms with Gasteiger partial charge in [-0.3, -0.25) is 0 Å². The summed E-state index contributed by atoms with van der Waals surface area (Å²) in [6.45, 7) is 9.80. The summed E-state index contributed by atoms with van der Waals surface area (Å²) in [4.78, 5) is 0. The molecule has 2 saturated carbocycles. The molecule has 0 nitrogen and oxygen atoms in total. The third kappa shape index (κ3) is 1.39. The van der Waals surface area contributed by atoms with Crippen LogP contribution in [0, 0.1) is 29.1 Å². The van der Waals surface area contributed by atoms with Gasteiger partial charge in [0.05, 0.1) is 0 Å². The molecule has 7 unspecified atom stereocenters. The number of thiol groups is 2. The van der Waals surface area contributed by atoms with Crippen molar-refractivity contribution in [2.24, 2.45) is 29.1 Å². The lowest BCUT2D eigenvalue weighted by molar-refractivity contribution is 0.0783. The summed E-state index contributed by atoms with van der Waals surface area (Å²) in [7, 11) is 0. The van der Waals surface area contributed by atoms with Gasteiger partial charge in [-0.15, -0.1) is 0 Å². The lowest BCUT2D eigenvalue weighted by Gasteiger charge is -2.60. The molecule has 2 fully saturated rings. The van der Waals surface area contributed by atoms with Crippen LogP contribution in [-0.4, -0.2) is 9.49 Å². The molecule has 20 heavy (non-hydrogen) atoms. The molecule has 0 amide bonds. The smallest absolute Gasteiger partial charge is 0.0387 e. The van der Waals surface area contributed by atoms with Crippen LogP contribution in [0.1, 0.15) is 59.8 Å². The van der Waals surface area contributed by atoms with Crippen molar-refractivity contribution >= 4 is 25.3 Å². The second-order valence-electron chi connectivity index (χ2n) is 8.72. The van der Waals surface area contributed by atoms with E-state index in [-0.39, 0.29) is 9.49 Å². The van der Waals surface area contributed by atoms with Gasteiger partial charge in [-0.25, -0.2) is 0 Å². The molecular formula is C18H28S2. The highest BCUT2D eigenvalue weighted by Gasteiger charge is 2.67. The molecule has 4 aliphatic carbocycles. The third-order valence-electron chi connectivity index (χ3n) is 7.68. The van der Waals surface area contributed by atoms with Crippen LogP contribution in [-0.2, 0) is 0 Å². The fourth-order valence-electron chi connectivity index (χ4n) is 6.77. The average Bonchev–Trinajstić information content (AvgIpc) is 2.71. The standard InChI is InChI=1S/C18H28S2/c1-10-5-13-7-14-6-11(2)18(20)9-16(4,19)12(3)17(10,8-13)15(14)18/h10-13,19-20H,5-9H2,1-4H3. The van der Waals surface area contributed by atoms with Gasteiger partial charge in [0, 0.05) is 9.49 Å². The molecule has 112 valence electrons. The average molecular weight is 309 g/mol. The maximum absolute atomic E-state index is 5.32. The Morgan fingerprint density at radius 2 is 1.75 bits per heavy atom. The Morgan fingerprint density at radius 3 is 2.45 bits per heavy atom. The summed E-state index contributed by atoms with van der Waals surface area (Å²) in [6.07, 6.45) is 6.68. The van der Waals surface area contributed by atoms with Gasteiger partial charge in [0.15, 0.2) is 0 Å². The van der Waals surface area contributed by atoms with E-state index in [1.807, 2.05) is 5.57 Å². The Kier molecular flexibility index (Phi) is 2.71. The van der Waals surface area contributed by atoms with E-state index in [4.69, 9.17) is 25.3 Å². The summed E-state index contributed by atoms with van der Waals surface area (Å²) in [6, 6.07) is 0. The molecule has 4 aliphatic rings. The summed E-state index contributed by atoms with van der Waals surface area (Å²) in [5.74, 6) is 3.13. The topological polar surface area (TPSA) is 0 Å². The highest BCUT2D eigenvalue weighted by atomic mass is 32.1. The second kappa shape index (κ2) is 3.85. The molecule has 0 heterocycles. The monoisotopic (exact) mass is 308 g/mol. The molecular weight excluding hydrogens is 280 g/mol. The predicted molar refractivity (Wildman–Crippen MR) is 92.6 cm³/mol. The fraction of sp³-hybridized carbons (Fsp3) is 0.889. The lowest BCUT2D eigenvalue weighted by atomic mass is 9.51. The van der Waals surface area contributed by atoms with Gasteiger partial charge in [0.25, 0.3) is 0 Å². The summed E-state index contributed by atoms with van der Waals surface area (Å²) in [5, 5.41) is 0. The van der Waals surface area contributed by atoms with Crippen LogP contribution in [0.25, 0.3) is 0 Å². The molecule has 0 aromatic rings. The Bertz CT molecular complexity index is 506. The molecule has 0 N–H and O–H groups in total. The first-order chi connectivity index (χ1) is 9.22. The lowest BCUT2D eigenvalue weighted by Crippen LogP contribution is -2.57. The zero-order chi connectivity index (χ0) is 14.5. The van der Waals surface area contributed by atoms with Gasteiger partial charge in [-0.2, -0.15) is 25.3 Å². The van der Waals surface area contributed by atoms with Crippen LogP contribution in [0.2, 0.25) is 0 Å². The Morgan fingerprint density at radius 1 is 1.05 bits per heavy atom. The van der Waals surface area contributed by atoms with E-state index in [2.05, 4.69) is 27.7 Å². The Hall–Kier alpha value is 0.440. The van der Waals surface area contributed by atoms with Crippen LogP contribution in [0.5, 0.6) is 0 Å². The molecule has 1 spiro atoms. The highest BCUT2D eigenvalue weighted by Crippen LogP contribution is 2.74. The van der Waals surface area contributed by atoms with E-state index in [9.17, 15) is 0 Å². The number of hydrogen-bond donors (Lipinski definition) is 2. The minimum atomic E-state index is 0.120. The van der Waals surface area contributed by atoms with Gasteiger partial charge >= 0.3 is 0 Å². The van der Waals surface area contributed by atoms with E-state index in [0.29, 0.717) is 17.3 Å². The first-order valence-corrected chi connectivity index (χ1v) is 9.29. The van der Waals surface area contributed by atoms with Crippen molar-refractivity contribution in [3.05, 3.63) is 11.1 Å². The number of hydrogen-bond acceptors (Lipinski definition) is 2. The number of allylic oxidation sites excluding steroid dienone is 1. The van der Waals surface area contributed by atoms with Crippen LogP contribution in [0.3, 0.4) is 0 Å². The molecule has 0 aromatic heterocycles. The van der Waals surface area contributed by atoms with Crippen LogP contribution in [0.4, 0.5) is 0 Å². The van der Waals surface area contributed by atoms with Gasteiger partial charge in [-0.1, -0.05) is 33.3 Å².